The molecule has 1 atom stereocenters. The molecule has 0 saturated carbocycles. The summed E-state index contributed by atoms with van der Waals surface area (Å²) >= 11 is 0. The van der Waals surface area contributed by atoms with Crippen molar-refractivity contribution < 1.29 is 4.79 Å². The summed E-state index contributed by atoms with van der Waals surface area (Å²) in [6.07, 6.45) is 1.98. The molecule has 19 heavy (non-hydrogen) atoms. The maximum atomic E-state index is 12.0. The lowest BCUT2D eigenvalue weighted by molar-refractivity contribution is -0.117. The van der Waals surface area contributed by atoms with Gasteiger partial charge >= 0.3 is 0 Å². The van der Waals surface area contributed by atoms with Gasteiger partial charge in [0, 0.05) is 12.7 Å². The van der Waals surface area contributed by atoms with E-state index in [1.807, 2.05) is 36.7 Å². The molecule has 3 rings (SSSR count). The number of carbonyl (C=O) groups is 1. The van der Waals surface area contributed by atoms with E-state index < -0.39 is 0 Å². The van der Waals surface area contributed by atoms with E-state index in [0.29, 0.717) is 0 Å². The summed E-state index contributed by atoms with van der Waals surface area (Å²) in [5.41, 5.74) is 2.80. The third kappa shape index (κ3) is 2.21. The highest BCUT2D eigenvalue weighted by Crippen LogP contribution is 2.20. The second-order valence-corrected chi connectivity index (χ2v) is 5.06. The van der Waals surface area contributed by atoms with Crippen molar-refractivity contribution in [2.75, 3.05) is 11.9 Å². The van der Waals surface area contributed by atoms with Crippen molar-refractivity contribution in [3.05, 3.63) is 24.0 Å². The monoisotopic (exact) mass is 258 g/mol. The number of carbonyl (C=O) groups excluding carboxylic acids is 1. The quantitative estimate of drug-likeness (QED) is 0.859. The summed E-state index contributed by atoms with van der Waals surface area (Å²) in [7, 11) is 1.99. The highest BCUT2D eigenvalue weighted by atomic mass is 16.2. The first-order valence-corrected chi connectivity index (χ1v) is 6.62. The summed E-state index contributed by atoms with van der Waals surface area (Å²) in [6.45, 7) is 2.90. The van der Waals surface area contributed by atoms with Crippen molar-refractivity contribution in [2.24, 2.45) is 7.05 Å². The highest BCUT2D eigenvalue weighted by Gasteiger charge is 2.21. The number of imidazole rings is 1. The van der Waals surface area contributed by atoms with Crippen molar-refractivity contribution in [1.29, 1.82) is 0 Å². The maximum Gasteiger partial charge on any atom is 0.241 e. The lowest BCUT2D eigenvalue weighted by atomic mass is 10.2. The van der Waals surface area contributed by atoms with Crippen molar-refractivity contribution in [3.8, 4) is 0 Å². The molecule has 0 spiro atoms. The second-order valence-electron chi connectivity index (χ2n) is 5.06. The largest absolute Gasteiger partial charge is 0.331 e. The number of rotatable bonds is 2. The molecule has 2 heterocycles. The molecule has 0 bridgehead atoms. The molecule has 0 radical (unpaired) electrons. The third-order valence-corrected chi connectivity index (χ3v) is 3.75. The molecule has 1 fully saturated rings. The number of fused-ring (bicyclic) bond motifs is 1. The average Bonchev–Trinajstić information content (AvgIpc) is 2.99. The van der Waals surface area contributed by atoms with Crippen LogP contribution < -0.4 is 10.6 Å². The Morgan fingerprint density at radius 1 is 1.53 bits per heavy atom. The van der Waals surface area contributed by atoms with Crippen LogP contribution in [0.15, 0.2) is 18.2 Å². The van der Waals surface area contributed by atoms with Gasteiger partial charge in [0.05, 0.1) is 17.1 Å². The molecule has 1 amide bonds. The number of aromatic nitrogens is 2. The normalized spacial score (nSPS) is 18.9. The standard InChI is InChI=1S/C14H18N4O/c1-9-16-12-8-10(5-6-13(12)18(9)2)17-14(19)11-4-3-7-15-11/h5-6,8,11,15H,3-4,7H2,1-2H3,(H,17,19). The van der Waals surface area contributed by atoms with Crippen molar-refractivity contribution in [2.45, 2.75) is 25.8 Å². The van der Waals surface area contributed by atoms with Gasteiger partial charge in [-0.2, -0.15) is 0 Å². The molecule has 1 aliphatic rings. The number of nitrogens with one attached hydrogen (secondary N) is 2. The summed E-state index contributed by atoms with van der Waals surface area (Å²) in [6, 6.07) is 5.79. The van der Waals surface area contributed by atoms with Gasteiger partial charge in [0.2, 0.25) is 5.91 Å². The Balaban J connectivity index is 1.83. The van der Waals surface area contributed by atoms with Crippen LogP contribution in [0.2, 0.25) is 0 Å². The number of nitrogens with zero attached hydrogens (tertiary/aromatic N) is 2. The van der Waals surface area contributed by atoms with Gasteiger partial charge in [0.25, 0.3) is 0 Å². The first-order valence-electron chi connectivity index (χ1n) is 6.62. The fourth-order valence-corrected chi connectivity index (χ4v) is 2.54. The van der Waals surface area contributed by atoms with E-state index >= 15 is 0 Å². The van der Waals surface area contributed by atoms with E-state index in [2.05, 4.69) is 15.6 Å². The molecular formula is C14H18N4O. The van der Waals surface area contributed by atoms with Crippen LogP contribution in [-0.2, 0) is 11.8 Å². The van der Waals surface area contributed by atoms with Crippen molar-refractivity contribution in [3.63, 3.8) is 0 Å². The van der Waals surface area contributed by atoms with Gasteiger partial charge in [0.15, 0.2) is 0 Å². The molecule has 100 valence electrons. The number of anilines is 1. The van der Waals surface area contributed by atoms with Gasteiger partial charge in [0.1, 0.15) is 5.82 Å². The molecule has 5 nitrogen and oxygen atoms in total. The predicted molar refractivity (Wildman–Crippen MR) is 75.1 cm³/mol. The van der Waals surface area contributed by atoms with E-state index in [-0.39, 0.29) is 11.9 Å². The summed E-state index contributed by atoms with van der Waals surface area (Å²) < 4.78 is 2.04. The molecule has 1 saturated heterocycles. The van der Waals surface area contributed by atoms with Gasteiger partial charge in [-0.1, -0.05) is 0 Å². The van der Waals surface area contributed by atoms with Crippen LogP contribution in [0, 0.1) is 6.92 Å². The average molecular weight is 258 g/mol. The van der Waals surface area contributed by atoms with Crippen LogP contribution in [0.1, 0.15) is 18.7 Å². The second kappa shape index (κ2) is 4.66. The summed E-state index contributed by atoms with van der Waals surface area (Å²) in [5.74, 6) is 1.01. The third-order valence-electron chi connectivity index (χ3n) is 3.75. The minimum atomic E-state index is -0.0545. The number of hydrogen-bond donors (Lipinski definition) is 2. The first kappa shape index (κ1) is 12.2. The summed E-state index contributed by atoms with van der Waals surface area (Å²) in [4.78, 5) is 16.5. The lowest BCUT2D eigenvalue weighted by Crippen LogP contribution is -2.35. The number of amides is 1. The van der Waals surface area contributed by atoms with Gasteiger partial charge < -0.3 is 15.2 Å². The van der Waals surface area contributed by atoms with Crippen molar-refractivity contribution in [1.82, 2.24) is 14.9 Å². The zero-order valence-corrected chi connectivity index (χ0v) is 11.2. The molecule has 1 aromatic carbocycles. The maximum absolute atomic E-state index is 12.0. The van der Waals surface area contributed by atoms with Gasteiger partial charge in [-0.3, -0.25) is 4.79 Å². The molecule has 2 N–H and O–H groups in total. The fraction of sp³-hybridized carbons (Fsp3) is 0.429. The Kier molecular flexibility index (Phi) is 2.98. The van der Waals surface area contributed by atoms with E-state index in [1.54, 1.807) is 0 Å². The lowest BCUT2D eigenvalue weighted by Gasteiger charge is -2.11. The van der Waals surface area contributed by atoms with Crippen molar-refractivity contribution >= 4 is 22.6 Å². The Labute approximate surface area is 112 Å². The van der Waals surface area contributed by atoms with E-state index in [1.165, 1.54) is 0 Å². The topological polar surface area (TPSA) is 59.0 Å². The Bertz CT molecular complexity index is 626. The first-order chi connectivity index (χ1) is 9.15. The van der Waals surface area contributed by atoms with Gasteiger partial charge in [-0.05, 0) is 44.5 Å². The zero-order valence-electron chi connectivity index (χ0n) is 11.2. The Morgan fingerprint density at radius 2 is 2.37 bits per heavy atom. The van der Waals surface area contributed by atoms with Gasteiger partial charge in [-0.25, -0.2) is 4.98 Å². The van der Waals surface area contributed by atoms with Gasteiger partial charge in [-0.15, -0.1) is 0 Å². The fourth-order valence-electron chi connectivity index (χ4n) is 2.54. The summed E-state index contributed by atoms with van der Waals surface area (Å²) in [5, 5.41) is 6.15. The van der Waals surface area contributed by atoms with Crippen LogP contribution in [0.5, 0.6) is 0 Å². The molecule has 2 aromatic rings. The van der Waals surface area contributed by atoms with E-state index in [0.717, 1.165) is 41.9 Å². The smallest absolute Gasteiger partial charge is 0.241 e. The zero-order chi connectivity index (χ0) is 13.4. The molecule has 0 aliphatic carbocycles. The molecule has 1 aliphatic heterocycles. The minimum Gasteiger partial charge on any atom is -0.331 e. The molecule has 1 unspecified atom stereocenters. The number of aryl methyl sites for hydroxylation is 2. The highest BCUT2D eigenvalue weighted by molar-refractivity contribution is 5.96. The number of hydrogen-bond acceptors (Lipinski definition) is 3. The van der Waals surface area contributed by atoms with Crippen LogP contribution in [-0.4, -0.2) is 28.0 Å². The predicted octanol–water partition coefficient (Wildman–Crippen LogP) is 1.57. The Hall–Kier alpha value is -1.88. The molecule has 1 aromatic heterocycles. The van der Waals surface area contributed by atoms with Crippen LogP contribution in [0.25, 0.3) is 11.0 Å². The van der Waals surface area contributed by atoms with Crippen LogP contribution in [0.3, 0.4) is 0 Å². The molecule has 5 heteroatoms. The molecular weight excluding hydrogens is 240 g/mol. The Morgan fingerprint density at radius 3 is 3.11 bits per heavy atom. The minimum absolute atomic E-state index is 0.0458. The SMILES string of the molecule is Cc1nc2cc(NC(=O)C3CCCN3)ccc2n1C. The van der Waals surface area contributed by atoms with E-state index in [9.17, 15) is 4.79 Å². The number of benzene rings is 1. The van der Waals surface area contributed by atoms with Crippen LogP contribution in [0.4, 0.5) is 5.69 Å². The van der Waals surface area contributed by atoms with E-state index in [4.69, 9.17) is 0 Å². The van der Waals surface area contributed by atoms with Crippen LogP contribution >= 0.6 is 0 Å².